The van der Waals surface area contributed by atoms with Crippen LogP contribution >= 0.6 is 11.8 Å². The van der Waals surface area contributed by atoms with Crippen molar-refractivity contribution < 1.29 is 9.47 Å². The summed E-state index contributed by atoms with van der Waals surface area (Å²) >= 11 is 2.00. The molecule has 2 aromatic heterocycles. The lowest BCUT2D eigenvalue weighted by molar-refractivity contribution is 0.392. The van der Waals surface area contributed by atoms with E-state index in [0.717, 1.165) is 34.1 Å². The van der Waals surface area contributed by atoms with Gasteiger partial charge in [-0.25, -0.2) is 4.98 Å². The van der Waals surface area contributed by atoms with Crippen molar-refractivity contribution in [1.29, 1.82) is 0 Å². The lowest BCUT2D eigenvalue weighted by Crippen LogP contribution is -2.08. The molecule has 1 unspecified atom stereocenters. The second kappa shape index (κ2) is 7.37. The Labute approximate surface area is 156 Å². The van der Waals surface area contributed by atoms with E-state index >= 15 is 0 Å². The number of benzene rings is 1. The molecule has 0 bridgehead atoms. The maximum Gasteiger partial charge on any atom is 0.233 e. The predicted octanol–water partition coefficient (Wildman–Crippen LogP) is 3.70. The first-order chi connectivity index (χ1) is 12.8. The number of ether oxygens (including phenoxy) is 2. The van der Waals surface area contributed by atoms with E-state index in [4.69, 9.17) is 9.47 Å². The molecule has 1 aliphatic rings. The van der Waals surface area contributed by atoms with Crippen molar-refractivity contribution in [1.82, 2.24) is 19.7 Å². The third-order valence-electron chi connectivity index (χ3n) is 4.55. The second-order valence-electron chi connectivity index (χ2n) is 6.05. The fourth-order valence-electron chi connectivity index (χ4n) is 3.19. The Kier molecular flexibility index (Phi) is 4.79. The number of hydrogen-bond donors (Lipinski definition) is 0. The molecule has 134 valence electrons. The molecular weight excluding hydrogens is 348 g/mol. The van der Waals surface area contributed by atoms with Gasteiger partial charge in [-0.3, -0.25) is 0 Å². The molecule has 1 aromatic carbocycles. The lowest BCUT2D eigenvalue weighted by Gasteiger charge is -2.15. The smallest absolute Gasteiger partial charge is 0.233 e. The number of methoxy groups -OCH3 is 2. The van der Waals surface area contributed by atoms with Crippen LogP contribution in [0.15, 0.2) is 42.7 Å². The molecule has 4 rings (SSSR count). The van der Waals surface area contributed by atoms with Crippen LogP contribution in [-0.4, -0.2) is 45.5 Å². The van der Waals surface area contributed by atoms with Crippen LogP contribution in [-0.2, 0) is 0 Å². The molecule has 6 nitrogen and oxygen atoms in total. The molecule has 1 saturated heterocycles. The number of aromatic nitrogens is 4. The van der Waals surface area contributed by atoms with E-state index < -0.39 is 0 Å². The van der Waals surface area contributed by atoms with Crippen LogP contribution in [0.2, 0.25) is 0 Å². The first kappa shape index (κ1) is 16.9. The highest BCUT2D eigenvalue weighted by Gasteiger charge is 2.21. The van der Waals surface area contributed by atoms with Gasteiger partial charge in [0.1, 0.15) is 11.6 Å². The molecule has 0 aliphatic carbocycles. The monoisotopic (exact) mass is 368 g/mol. The number of rotatable bonds is 5. The van der Waals surface area contributed by atoms with E-state index in [1.165, 1.54) is 12.2 Å². The van der Waals surface area contributed by atoms with Gasteiger partial charge in [-0.2, -0.15) is 11.8 Å². The molecule has 26 heavy (non-hydrogen) atoms. The summed E-state index contributed by atoms with van der Waals surface area (Å²) < 4.78 is 12.9. The average molecular weight is 368 g/mol. The van der Waals surface area contributed by atoms with E-state index in [1.54, 1.807) is 20.3 Å². The molecule has 3 heterocycles. The average Bonchev–Trinajstić information content (AvgIpc) is 3.39. The minimum absolute atomic E-state index is 0.484. The van der Waals surface area contributed by atoms with Gasteiger partial charge in [0.25, 0.3) is 0 Å². The molecule has 1 aliphatic heterocycles. The van der Waals surface area contributed by atoms with Gasteiger partial charge in [-0.15, -0.1) is 10.2 Å². The molecule has 7 heteroatoms. The van der Waals surface area contributed by atoms with Gasteiger partial charge < -0.3 is 14.0 Å². The fraction of sp³-hybridized carbons (Fsp3) is 0.316. The standard InChI is InChI=1S/C19H20N4O2S/c1-24-17-5-3-13(11-15(17)16-4-6-18(25-2)22-21-16)19-20-8-9-23(19)14-7-10-26-12-14/h3-6,8-9,11,14H,7,10,12H2,1-2H3. The van der Waals surface area contributed by atoms with E-state index in [2.05, 4.69) is 32.0 Å². The SMILES string of the molecule is COc1ccc(-c2cc(-c3nccn3C3CCSC3)ccc2OC)nn1. The van der Waals surface area contributed by atoms with E-state index in [9.17, 15) is 0 Å². The summed E-state index contributed by atoms with van der Waals surface area (Å²) in [5, 5.41) is 8.34. The van der Waals surface area contributed by atoms with Crippen molar-refractivity contribution >= 4 is 11.8 Å². The van der Waals surface area contributed by atoms with Gasteiger partial charge in [0.05, 0.1) is 19.9 Å². The van der Waals surface area contributed by atoms with Crippen molar-refractivity contribution in [3.63, 3.8) is 0 Å². The zero-order valence-electron chi connectivity index (χ0n) is 14.8. The third-order valence-corrected chi connectivity index (χ3v) is 5.70. The van der Waals surface area contributed by atoms with Crippen molar-refractivity contribution in [3.8, 4) is 34.3 Å². The van der Waals surface area contributed by atoms with Crippen LogP contribution in [0.5, 0.6) is 11.6 Å². The van der Waals surface area contributed by atoms with Gasteiger partial charge in [-0.1, -0.05) is 0 Å². The van der Waals surface area contributed by atoms with Crippen molar-refractivity contribution in [2.45, 2.75) is 12.5 Å². The fourth-order valence-corrected chi connectivity index (χ4v) is 4.40. The van der Waals surface area contributed by atoms with Crippen LogP contribution in [0.1, 0.15) is 12.5 Å². The predicted molar refractivity (Wildman–Crippen MR) is 103 cm³/mol. The molecular formula is C19H20N4O2S. The van der Waals surface area contributed by atoms with Gasteiger partial charge in [0, 0.05) is 41.4 Å². The number of hydrogen-bond acceptors (Lipinski definition) is 6. The summed E-state index contributed by atoms with van der Waals surface area (Å²) in [7, 11) is 3.23. The minimum Gasteiger partial charge on any atom is -0.496 e. The van der Waals surface area contributed by atoms with Crippen LogP contribution in [0.4, 0.5) is 0 Å². The zero-order valence-corrected chi connectivity index (χ0v) is 15.6. The normalized spacial score (nSPS) is 16.6. The van der Waals surface area contributed by atoms with Gasteiger partial charge >= 0.3 is 0 Å². The van der Waals surface area contributed by atoms with Crippen molar-refractivity contribution in [2.24, 2.45) is 0 Å². The second-order valence-corrected chi connectivity index (χ2v) is 7.20. The molecule has 1 fully saturated rings. The summed E-state index contributed by atoms with van der Waals surface area (Å²) in [4.78, 5) is 4.61. The highest BCUT2D eigenvalue weighted by molar-refractivity contribution is 7.99. The molecule has 0 N–H and O–H groups in total. The molecule has 3 aromatic rings. The third kappa shape index (κ3) is 3.14. The van der Waals surface area contributed by atoms with Crippen molar-refractivity contribution in [3.05, 3.63) is 42.7 Å². The van der Waals surface area contributed by atoms with Crippen LogP contribution in [0, 0.1) is 0 Å². The number of nitrogens with zero attached hydrogens (tertiary/aromatic N) is 4. The first-order valence-corrected chi connectivity index (χ1v) is 9.62. The molecule has 0 spiro atoms. The van der Waals surface area contributed by atoms with E-state index in [-0.39, 0.29) is 0 Å². The Morgan fingerprint density at radius 3 is 2.73 bits per heavy atom. The molecule has 0 saturated carbocycles. The van der Waals surface area contributed by atoms with E-state index in [0.29, 0.717) is 11.9 Å². The number of thioether (sulfide) groups is 1. The summed E-state index contributed by atoms with van der Waals surface area (Å²) in [5.74, 6) is 4.55. The first-order valence-electron chi connectivity index (χ1n) is 8.47. The number of imidazole rings is 1. The largest absolute Gasteiger partial charge is 0.496 e. The van der Waals surface area contributed by atoms with Gasteiger partial charge in [0.15, 0.2) is 0 Å². The topological polar surface area (TPSA) is 62.1 Å². The van der Waals surface area contributed by atoms with Crippen LogP contribution in [0.25, 0.3) is 22.6 Å². The Balaban J connectivity index is 1.76. The summed E-state index contributed by atoms with van der Waals surface area (Å²) in [5.41, 5.74) is 2.66. The van der Waals surface area contributed by atoms with Crippen LogP contribution in [0.3, 0.4) is 0 Å². The Hall–Kier alpha value is -2.54. The Morgan fingerprint density at radius 2 is 2.04 bits per heavy atom. The maximum atomic E-state index is 5.53. The van der Waals surface area contributed by atoms with Crippen LogP contribution < -0.4 is 9.47 Å². The lowest BCUT2D eigenvalue weighted by atomic mass is 10.1. The Morgan fingerprint density at radius 1 is 1.12 bits per heavy atom. The quantitative estimate of drug-likeness (QED) is 0.684. The highest BCUT2D eigenvalue weighted by atomic mass is 32.2. The zero-order chi connectivity index (χ0) is 17.9. The van der Waals surface area contributed by atoms with E-state index in [1.807, 2.05) is 36.2 Å². The molecule has 0 radical (unpaired) electrons. The molecule has 1 atom stereocenters. The Bertz CT molecular complexity index is 889. The highest BCUT2D eigenvalue weighted by Crippen LogP contribution is 2.35. The van der Waals surface area contributed by atoms with Gasteiger partial charge in [0.2, 0.25) is 5.88 Å². The maximum absolute atomic E-state index is 5.53. The summed E-state index contributed by atoms with van der Waals surface area (Å²) in [6.07, 6.45) is 5.12. The summed E-state index contributed by atoms with van der Waals surface area (Å²) in [6, 6.07) is 10.2. The molecule has 0 amide bonds. The van der Waals surface area contributed by atoms with Gasteiger partial charge in [-0.05, 0) is 36.4 Å². The summed E-state index contributed by atoms with van der Waals surface area (Å²) in [6.45, 7) is 0. The van der Waals surface area contributed by atoms with Crippen molar-refractivity contribution in [2.75, 3.05) is 25.7 Å². The minimum atomic E-state index is 0.484.